The maximum atomic E-state index is 13.2. The van der Waals surface area contributed by atoms with Gasteiger partial charge in [0.15, 0.2) is 0 Å². The Morgan fingerprint density at radius 1 is 1.31 bits per heavy atom. The summed E-state index contributed by atoms with van der Waals surface area (Å²) < 4.78 is 13.2. The number of halogens is 1. The molecule has 1 fully saturated rings. The molecule has 16 heavy (non-hydrogen) atoms. The quantitative estimate of drug-likeness (QED) is 0.659. The first-order chi connectivity index (χ1) is 7.66. The van der Waals surface area contributed by atoms with Crippen LogP contribution in [0.5, 0.6) is 0 Å². The third-order valence-electron chi connectivity index (χ3n) is 3.39. The van der Waals surface area contributed by atoms with Crippen LogP contribution in [0.15, 0.2) is 18.2 Å². The average Bonchev–Trinajstić information content (AvgIpc) is 2.47. The maximum Gasteiger partial charge on any atom is 0.133 e. The van der Waals surface area contributed by atoms with Crippen LogP contribution in [0.4, 0.5) is 4.39 Å². The van der Waals surface area contributed by atoms with E-state index >= 15 is 0 Å². The molecule has 0 amide bonds. The number of benzene rings is 1. The van der Waals surface area contributed by atoms with Crippen molar-refractivity contribution in [1.29, 1.82) is 0 Å². The van der Waals surface area contributed by atoms with Crippen LogP contribution in [-0.2, 0) is 4.79 Å². The first-order valence-corrected chi connectivity index (χ1v) is 5.94. The fraction of sp³-hybridized carbons (Fsp3) is 0.500. The van der Waals surface area contributed by atoms with Crippen LogP contribution in [0.1, 0.15) is 49.1 Å². The third-order valence-corrected chi connectivity index (χ3v) is 3.39. The van der Waals surface area contributed by atoms with Gasteiger partial charge in [-0.2, -0.15) is 0 Å². The Balaban J connectivity index is 2.21. The standard InChI is InChI=1S/C14H17FO/c1-10-8-12(6-7-14(10)15)11-4-2-3-5-13(16)9-11/h6-8,11H,2-5,9H2,1H3. The normalized spacial score (nSPS) is 21.9. The molecule has 1 unspecified atom stereocenters. The van der Waals surface area contributed by atoms with Gasteiger partial charge in [0.1, 0.15) is 11.6 Å². The van der Waals surface area contributed by atoms with Gasteiger partial charge in [-0.15, -0.1) is 0 Å². The molecule has 1 aliphatic carbocycles. The second-order valence-corrected chi connectivity index (χ2v) is 4.69. The largest absolute Gasteiger partial charge is 0.300 e. The SMILES string of the molecule is Cc1cc(C2CCCCC(=O)C2)ccc1F. The van der Waals surface area contributed by atoms with E-state index in [1.807, 2.05) is 12.1 Å². The van der Waals surface area contributed by atoms with E-state index in [2.05, 4.69) is 0 Å². The van der Waals surface area contributed by atoms with Crippen LogP contribution >= 0.6 is 0 Å². The molecule has 1 saturated carbocycles. The van der Waals surface area contributed by atoms with Crippen molar-refractivity contribution in [3.8, 4) is 0 Å². The topological polar surface area (TPSA) is 17.1 Å². The van der Waals surface area contributed by atoms with Crippen molar-refractivity contribution in [2.24, 2.45) is 0 Å². The van der Waals surface area contributed by atoms with Crippen LogP contribution in [0.25, 0.3) is 0 Å². The number of rotatable bonds is 1. The molecule has 1 aliphatic rings. The molecule has 2 rings (SSSR count). The van der Waals surface area contributed by atoms with Crippen LogP contribution in [0, 0.1) is 12.7 Å². The smallest absolute Gasteiger partial charge is 0.133 e. The number of carbonyl (C=O) groups is 1. The molecule has 2 heteroatoms. The summed E-state index contributed by atoms with van der Waals surface area (Å²) in [5.41, 5.74) is 1.79. The van der Waals surface area contributed by atoms with Gasteiger partial charge in [0.05, 0.1) is 0 Å². The minimum absolute atomic E-state index is 0.163. The van der Waals surface area contributed by atoms with Crippen molar-refractivity contribution in [3.63, 3.8) is 0 Å². The summed E-state index contributed by atoms with van der Waals surface area (Å²) in [6.07, 6.45) is 4.51. The molecular weight excluding hydrogens is 203 g/mol. The van der Waals surface area contributed by atoms with Gasteiger partial charge in [-0.3, -0.25) is 4.79 Å². The van der Waals surface area contributed by atoms with Crippen molar-refractivity contribution in [1.82, 2.24) is 0 Å². The Labute approximate surface area is 95.7 Å². The highest BCUT2D eigenvalue weighted by Crippen LogP contribution is 2.30. The fourth-order valence-electron chi connectivity index (χ4n) is 2.40. The van der Waals surface area contributed by atoms with E-state index in [0.29, 0.717) is 23.7 Å². The highest BCUT2D eigenvalue weighted by atomic mass is 19.1. The van der Waals surface area contributed by atoms with Crippen molar-refractivity contribution >= 4 is 5.78 Å². The van der Waals surface area contributed by atoms with E-state index < -0.39 is 0 Å². The Morgan fingerprint density at radius 3 is 2.88 bits per heavy atom. The van der Waals surface area contributed by atoms with Gasteiger partial charge in [0.2, 0.25) is 0 Å². The lowest BCUT2D eigenvalue weighted by Crippen LogP contribution is -2.04. The summed E-state index contributed by atoms with van der Waals surface area (Å²) in [7, 11) is 0. The number of Topliss-reactive ketones (excluding diaryl/α,β-unsaturated/α-hetero) is 1. The monoisotopic (exact) mass is 220 g/mol. The molecule has 1 aromatic rings. The zero-order valence-electron chi connectivity index (χ0n) is 9.63. The maximum absolute atomic E-state index is 13.2. The number of hydrogen-bond acceptors (Lipinski definition) is 1. The lowest BCUT2D eigenvalue weighted by molar-refractivity contribution is -0.119. The number of carbonyl (C=O) groups excluding carboxylic acids is 1. The van der Waals surface area contributed by atoms with Gasteiger partial charge in [-0.05, 0) is 42.9 Å². The molecule has 0 aliphatic heterocycles. The molecular formula is C14H17FO. The van der Waals surface area contributed by atoms with Crippen LogP contribution in [0.2, 0.25) is 0 Å². The Kier molecular flexibility index (Phi) is 3.37. The molecule has 1 atom stereocenters. The van der Waals surface area contributed by atoms with E-state index in [4.69, 9.17) is 0 Å². The number of hydrogen-bond donors (Lipinski definition) is 0. The summed E-state index contributed by atoms with van der Waals surface area (Å²) in [5.74, 6) is 0.488. The number of aryl methyl sites for hydroxylation is 1. The minimum atomic E-state index is -0.163. The van der Waals surface area contributed by atoms with E-state index in [-0.39, 0.29) is 5.82 Å². The Hall–Kier alpha value is -1.18. The first-order valence-electron chi connectivity index (χ1n) is 5.94. The third kappa shape index (κ3) is 2.49. The van der Waals surface area contributed by atoms with Gasteiger partial charge in [-0.1, -0.05) is 18.6 Å². The molecule has 1 aromatic carbocycles. The molecule has 0 aromatic heterocycles. The van der Waals surface area contributed by atoms with E-state index in [1.54, 1.807) is 6.92 Å². The van der Waals surface area contributed by atoms with Crippen molar-refractivity contribution in [3.05, 3.63) is 35.1 Å². The molecule has 0 bridgehead atoms. The molecule has 0 heterocycles. The van der Waals surface area contributed by atoms with Gasteiger partial charge in [0, 0.05) is 12.8 Å². The second-order valence-electron chi connectivity index (χ2n) is 4.69. The highest BCUT2D eigenvalue weighted by Gasteiger charge is 2.19. The summed E-state index contributed by atoms with van der Waals surface area (Å²) >= 11 is 0. The van der Waals surface area contributed by atoms with Crippen molar-refractivity contribution in [2.75, 3.05) is 0 Å². The zero-order valence-corrected chi connectivity index (χ0v) is 9.63. The Bertz CT molecular complexity index is 398. The lowest BCUT2D eigenvalue weighted by Gasteiger charge is -2.14. The van der Waals surface area contributed by atoms with Crippen LogP contribution in [0.3, 0.4) is 0 Å². The average molecular weight is 220 g/mol. The predicted molar refractivity (Wildman–Crippen MR) is 62.0 cm³/mol. The summed E-state index contributed by atoms with van der Waals surface area (Å²) in [6, 6.07) is 5.23. The minimum Gasteiger partial charge on any atom is -0.300 e. The summed E-state index contributed by atoms with van der Waals surface area (Å²) in [6.45, 7) is 1.78. The highest BCUT2D eigenvalue weighted by molar-refractivity contribution is 5.79. The summed E-state index contributed by atoms with van der Waals surface area (Å²) in [4.78, 5) is 11.5. The van der Waals surface area contributed by atoms with E-state index in [9.17, 15) is 9.18 Å². The van der Waals surface area contributed by atoms with Gasteiger partial charge in [0.25, 0.3) is 0 Å². The lowest BCUT2D eigenvalue weighted by atomic mass is 9.90. The molecule has 0 radical (unpaired) electrons. The molecule has 0 N–H and O–H groups in total. The predicted octanol–water partition coefficient (Wildman–Crippen LogP) is 3.75. The summed E-state index contributed by atoms with van der Waals surface area (Å²) in [5, 5.41) is 0. The first kappa shape index (κ1) is 11.3. The van der Waals surface area contributed by atoms with E-state index in [1.165, 1.54) is 6.07 Å². The second kappa shape index (κ2) is 4.77. The van der Waals surface area contributed by atoms with Crippen LogP contribution < -0.4 is 0 Å². The Morgan fingerprint density at radius 2 is 2.12 bits per heavy atom. The van der Waals surface area contributed by atoms with Crippen LogP contribution in [-0.4, -0.2) is 5.78 Å². The van der Waals surface area contributed by atoms with Gasteiger partial charge >= 0.3 is 0 Å². The fourth-order valence-corrected chi connectivity index (χ4v) is 2.40. The van der Waals surface area contributed by atoms with E-state index in [0.717, 1.165) is 31.2 Å². The zero-order chi connectivity index (χ0) is 11.5. The molecule has 86 valence electrons. The van der Waals surface area contributed by atoms with Gasteiger partial charge in [-0.25, -0.2) is 4.39 Å². The van der Waals surface area contributed by atoms with Crippen molar-refractivity contribution in [2.45, 2.75) is 44.9 Å². The molecule has 1 nitrogen and oxygen atoms in total. The molecule has 0 spiro atoms. The molecule has 0 saturated heterocycles. The van der Waals surface area contributed by atoms with Gasteiger partial charge < -0.3 is 0 Å². The number of ketones is 1. The van der Waals surface area contributed by atoms with Crippen molar-refractivity contribution < 1.29 is 9.18 Å².